The molecule has 0 aliphatic rings. The summed E-state index contributed by atoms with van der Waals surface area (Å²) in [6.45, 7) is 7.71. The monoisotopic (exact) mass is 531 g/mol. The van der Waals surface area contributed by atoms with E-state index in [9.17, 15) is 24.3 Å². The van der Waals surface area contributed by atoms with Gasteiger partial charge in [0.2, 0.25) is 17.7 Å². The van der Waals surface area contributed by atoms with Crippen molar-refractivity contribution in [2.45, 2.75) is 60.3 Å². The number of aryl methyl sites for hydroxylation is 3. The van der Waals surface area contributed by atoms with Crippen molar-refractivity contribution in [1.82, 2.24) is 30.9 Å². The van der Waals surface area contributed by atoms with Crippen LogP contribution in [0.2, 0.25) is 0 Å². The summed E-state index contributed by atoms with van der Waals surface area (Å²) in [5.41, 5.74) is 5.45. The first-order chi connectivity index (χ1) is 17.9. The molecule has 0 unspecified atom stereocenters. The minimum atomic E-state index is -1.17. The Hall–Kier alpha value is -4.53. The molecule has 3 aromatic heterocycles. The van der Waals surface area contributed by atoms with E-state index in [1.807, 2.05) is 0 Å². The molecule has 3 heterocycles. The lowest BCUT2D eigenvalue weighted by molar-refractivity contribution is -0.140. The number of nitrogens with zero attached hydrogens (tertiary/aromatic N) is 3. The second kappa shape index (κ2) is 11.7. The second-order valence-electron chi connectivity index (χ2n) is 8.64. The first-order valence-corrected chi connectivity index (χ1v) is 11.6. The van der Waals surface area contributed by atoms with E-state index in [2.05, 4.69) is 30.9 Å². The van der Waals surface area contributed by atoms with Crippen molar-refractivity contribution in [3.05, 3.63) is 52.0 Å². The van der Waals surface area contributed by atoms with Crippen LogP contribution in [0.4, 0.5) is 0 Å². The predicted octanol–water partition coefficient (Wildman–Crippen LogP) is 0.734. The zero-order valence-electron chi connectivity index (χ0n) is 21.5. The molecule has 3 rings (SSSR count). The summed E-state index contributed by atoms with van der Waals surface area (Å²) in [5, 5.41) is 16.8. The van der Waals surface area contributed by atoms with Crippen molar-refractivity contribution < 1.29 is 37.5 Å². The Morgan fingerprint density at radius 1 is 0.763 bits per heavy atom. The molecule has 3 aromatic rings. The quantitative estimate of drug-likeness (QED) is 0.231. The fourth-order valence-electron chi connectivity index (χ4n) is 3.43. The fraction of sp³-hybridized carbons (Fsp3) is 0.435. The molecular weight excluding hydrogens is 502 g/mol. The lowest BCUT2D eigenvalue weighted by atomic mass is 10.0. The molecular formula is C23H29N7O8. The Bertz CT molecular complexity index is 1350. The van der Waals surface area contributed by atoms with Crippen molar-refractivity contribution in [2.75, 3.05) is 0 Å². The number of rotatable bonds is 11. The zero-order chi connectivity index (χ0) is 28.1. The Morgan fingerprint density at radius 2 is 1.16 bits per heavy atom. The third kappa shape index (κ3) is 6.42. The van der Waals surface area contributed by atoms with E-state index in [1.165, 1.54) is 13.8 Å². The normalized spacial score (nSPS) is 11.9. The van der Waals surface area contributed by atoms with Gasteiger partial charge in [-0.2, -0.15) is 0 Å². The number of carbonyl (C=O) groups excluding carboxylic acids is 3. The van der Waals surface area contributed by atoms with Gasteiger partial charge in [0.15, 0.2) is 17.1 Å². The smallest absolute Gasteiger partial charge is 0.326 e. The maximum absolute atomic E-state index is 12.6. The largest absolute Gasteiger partial charge is 0.480 e. The molecule has 38 heavy (non-hydrogen) atoms. The fourth-order valence-corrected chi connectivity index (χ4v) is 3.43. The van der Waals surface area contributed by atoms with Gasteiger partial charge in [-0.05, 0) is 26.7 Å². The van der Waals surface area contributed by atoms with Gasteiger partial charge in [-0.3, -0.25) is 14.4 Å². The molecule has 3 amide bonds. The predicted molar refractivity (Wildman–Crippen MR) is 128 cm³/mol. The number of carboxylic acids is 1. The van der Waals surface area contributed by atoms with Crippen LogP contribution < -0.4 is 21.7 Å². The van der Waals surface area contributed by atoms with Gasteiger partial charge in [-0.25, -0.2) is 19.7 Å². The molecule has 0 aliphatic carbocycles. The van der Waals surface area contributed by atoms with Gasteiger partial charge in [-0.15, -0.1) is 0 Å². The highest BCUT2D eigenvalue weighted by Crippen LogP contribution is 2.14. The molecule has 0 radical (unpaired) electrons. The summed E-state index contributed by atoms with van der Waals surface area (Å²) in [4.78, 5) is 61.0. The number of carbonyl (C=O) groups is 4. The molecule has 0 spiro atoms. The third-order valence-electron chi connectivity index (χ3n) is 5.36. The van der Waals surface area contributed by atoms with Crippen LogP contribution in [0.25, 0.3) is 0 Å². The van der Waals surface area contributed by atoms with E-state index in [-0.39, 0.29) is 71.8 Å². The van der Waals surface area contributed by atoms with E-state index in [1.54, 1.807) is 20.8 Å². The highest BCUT2D eigenvalue weighted by Gasteiger charge is 2.27. The number of hydrogen-bond acceptors (Lipinski definition) is 11. The highest BCUT2D eigenvalue weighted by molar-refractivity contribution is 5.96. The summed E-state index contributed by atoms with van der Waals surface area (Å²) < 4.78 is 16.2. The third-order valence-corrected chi connectivity index (χ3v) is 5.36. The van der Waals surface area contributed by atoms with Gasteiger partial charge in [0.1, 0.15) is 23.3 Å². The average molecular weight is 532 g/mol. The minimum absolute atomic E-state index is 0.0141. The van der Waals surface area contributed by atoms with Crippen LogP contribution in [0, 0.1) is 26.7 Å². The molecule has 204 valence electrons. The van der Waals surface area contributed by atoms with E-state index in [4.69, 9.17) is 19.0 Å². The number of oxazole rings is 3. The Morgan fingerprint density at radius 3 is 1.53 bits per heavy atom. The SMILES string of the molecule is Cc1oc(CN)nc1C(=O)NCc1nc(C(=O)NCc2nc(C(=O)N[C@H](C(=O)O)C(C)C)c(C)o2)c(C)o1. The highest BCUT2D eigenvalue weighted by atomic mass is 16.4. The zero-order valence-corrected chi connectivity index (χ0v) is 21.5. The summed E-state index contributed by atoms with van der Waals surface area (Å²) in [6, 6.07) is -1.10. The van der Waals surface area contributed by atoms with Crippen molar-refractivity contribution in [3.8, 4) is 0 Å². The van der Waals surface area contributed by atoms with Crippen LogP contribution in [-0.2, 0) is 24.4 Å². The number of hydrogen-bond donors (Lipinski definition) is 5. The standard InChI is InChI=1S/C23H29N7O8/c1-9(2)16(23(34)35)30-22(33)19-12(5)38-15(29-19)8-26-21(32)18-11(4)37-14(28-18)7-25-20(31)17-10(3)36-13(6-24)27-17/h9,16H,6-8,24H2,1-5H3,(H,25,31)(H,26,32)(H,30,33)(H,34,35)/t16-/m0/s1. The number of amides is 3. The van der Waals surface area contributed by atoms with Crippen molar-refractivity contribution >= 4 is 23.7 Å². The van der Waals surface area contributed by atoms with E-state index in [0.717, 1.165) is 0 Å². The molecule has 1 atom stereocenters. The molecule has 15 heteroatoms. The van der Waals surface area contributed by atoms with Crippen LogP contribution >= 0.6 is 0 Å². The molecule has 0 aromatic carbocycles. The van der Waals surface area contributed by atoms with Crippen LogP contribution in [0.15, 0.2) is 13.3 Å². The second-order valence-corrected chi connectivity index (χ2v) is 8.64. The lowest BCUT2D eigenvalue weighted by Crippen LogP contribution is -2.44. The first kappa shape index (κ1) is 28.0. The van der Waals surface area contributed by atoms with Gasteiger partial charge in [0, 0.05) is 0 Å². The Balaban J connectivity index is 1.59. The number of aromatic nitrogens is 3. The molecule has 0 saturated carbocycles. The molecule has 6 N–H and O–H groups in total. The average Bonchev–Trinajstić information content (AvgIpc) is 3.54. The lowest BCUT2D eigenvalue weighted by Gasteiger charge is -2.17. The maximum atomic E-state index is 12.6. The van der Waals surface area contributed by atoms with Crippen LogP contribution in [0.5, 0.6) is 0 Å². The van der Waals surface area contributed by atoms with Gasteiger partial charge >= 0.3 is 5.97 Å². The maximum Gasteiger partial charge on any atom is 0.326 e. The summed E-state index contributed by atoms with van der Waals surface area (Å²) in [7, 11) is 0. The molecule has 0 bridgehead atoms. The Labute approximate surface area is 216 Å². The number of aliphatic carboxylic acids is 1. The van der Waals surface area contributed by atoms with Gasteiger partial charge in [0.05, 0.1) is 19.6 Å². The Kier molecular flexibility index (Phi) is 8.62. The van der Waals surface area contributed by atoms with E-state index < -0.39 is 29.7 Å². The number of nitrogens with two attached hydrogens (primary N) is 1. The molecule has 0 saturated heterocycles. The van der Waals surface area contributed by atoms with E-state index >= 15 is 0 Å². The minimum Gasteiger partial charge on any atom is -0.480 e. The summed E-state index contributed by atoms with van der Waals surface area (Å²) in [5.74, 6) is -2.29. The molecule has 15 nitrogen and oxygen atoms in total. The summed E-state index contributed by atoms with van der Waals surface area (Å²) in [6.07, 6.45) is 0. The first-order valence-electron chi connectivity index (χ1n) is 11.6. The van der Waals surface area contributed by atoms with Crippen molar-refractivity contribution in [3.63, 3.8) is 0 Å². The topological polar surface area (TPSA) is 229 Å². The van der Waals surface area contributed by atoms with Crippen LogP contribution in [0.3, 0.4) is 0 Å². The number of nitrogens with one attached hydrogen (secondary N) is 3. The van der Waals surface area contributed by atoms with Crippen LogP contribution in [0.1, 0.15) is 80.3 Å². The molecule has 0 aliphatic heterocycles. The van der Waals surface area contributed by atoms with Gasteiger partial charge in [0.25, 0.3) is 17.7 Å². The van der Waals surface area contributed by atoms with Gasteiger partial charge < -0.3 is 40.0 Å². The van der Waals surface area contributed by atoms with Crippen LogP contribution in [-0.4, -0.2) is 49.8 Å². The van der Waals surface area contributed by atoms with Gasteiger partial charge in [-0.1, -0.05) is 13.8 Å². The van der Waals surface area contributed by atoms with Crippen molar-refractivity contribution in [1.29, 1.82) is 0 Å². The number of carboxylic acid groups (broad SMARTS) is 1. The summed E-state index contributed by atoms with van der Waals surface area (Å²) >= 11 is 0. The molecule has 0 fully saturated rings. The van der Waals surface area contributed by atoms with E-state index in [0.29, 0.717) is 5.76 Å². The van der Waals surface area contributed by atoms with Crippen molar-refractivity contribution in [2.24, 2.45) is 11.7 Å².